The molecule has 1 aromatic carbocycles. The van der Waals surface area contributed by atoms with Gasteiger partial charge >= 0.3 is 11.8 Å². The zero-order chi connectivity index (χ0) is 18.0. The molecule has 1 aliphatic carbocycles. The first kappa shape index (κ1) is 17.2. The summed E-state index contributed by atoms with van der Waals surface area (Å²) in [6.45, 7) is 1.46. The summed E-state index contributed by atoms with van der Waals surface area (Å²) < 4.78 is 18.8. The third-order valence-corrected chi connectivity index (χ3v) is 4.35. The van der Waals surface area contributed by atoms with Gasteiger partial charge in [0, 0.05) is 5.69 Å². The van der Waals surface area contributed by atoms with Gasteiger partial charge in [0.25, 0.3) is 0 Å². The van der Waals surface area contributed by atoms with Gasteiger partial charge in [0.05, 0.1) is 12.8 Å². The molecule has 1 saturated carbocycles. The molecular formula is C18H19FN2O4. The second-order valence-electron chi connectivity index (χ2n) is 6.28. The van der Waals surface area contributed by atoms with E-state index in [1.807, 2.05) is 0 Å². The standard InChI is InChI=1S/C18H19FN2O4/c1-11-4-7-13(9-14(11)19)21-17(23)16(22)20-10-18(24,12-5-6-12)15-3-2-8-25-15/h2-4,7-9,12,24H,5-6,10H2,1H3,(H,20,22)(H,21,23)/t18-/m0/s1. The number of hydrogen-bond donors (Lipinski definition) is 3. The molecule has 1 heterocycles. The minimum atomic E-state index is -1.34. The number of carbonyl (C=O) groups excluding carboxylic acids is 2. The second kappa shape index (κ2) is 6.68. The number of nitrogens with one attached hydrogen (secondary N) is 2. The van der Waals surface area contributed by atoms with Crippen molar-refractivity contribution >= 4 is 17.5 Å². The van der Waals surface area contributed by atoms with E-state index in [-0.39, 0.29) is 18.2 Å². The van der Waals surface area contributed by atoms with E-state index in [9.17, 15) is 19.1 Å². The van der Waals surface area contributed by atoms with Crippen molar-refractivity contribution in [3.63, 3.8) is 0 Å². The number of benzene rings is 1. The van der Waals surface area contributed by atoms with Crippen molar-refractivity contribution in [3.8, 4) is 0 Å². The first-order chi connectivity index (χ1) is 11.9. The topological polar surface area (TPSA) is 91.6 Å². The van der Waals surface area contributed by atoms with E-state index in [4.69, 9.17) is 4.42 Å². The van der Waals surface area contributed by atoms with E-state index in [1.54, 1.807) is 19.1 Å². The Kier molecular flexibility index (Phi) is 4.59. The summed E-state index contributed by atoms with van der Waals surface area (Å²) in [4.78, 5) is 23.9. The monoisotopic (exact) mass is 346 g/mol. The van der Waals surface area contributed by atoms with E-state index < -0.39 is 23.2 Å². The maximum atomic E-state index is 13.5. The molecule has 3 rings (SSSR count). The SMILES string of the molecule is Cc1ccc(NC(=O)C(=O)NC[C@@](O)(c2ccco2)C2CC2)cc1F. The Hall–Kier alpha value is -2.67. The summed E-state index contributed by atoms with van der Waals surface area (Å²) in [5.74, 6) is -1.98. The number of hydrogen-bond acceptors (Lipinski definition) is 4. The smallest absolute Gasteiger partial charge is 0.313 e. The zero-order valence-electron chi connectivity index (χ0n) is 13.7. The molecule has 0 bridgehead atoms. The molecule has 3 N–H and O–H groups in total. The van der Waals surface area contributed by atoms with Crippen molar-refractivity contribution in [2.75, 3.05) is 11.9 Å². The number of aryl methyl sites for hydroxylation is 1. The number of carbonyl (C=O) groups is 2. The Bertz CT molecular complexity index is 786. The minimum Gasteiger partial charge on any atom is -0.466 e. The van der Waals surface area contributed by atoms with Gasteiger partial charge in [-0.25, -0.2) is 4.39 Å². The third-order valence-electron chi connectivity index (χ3n) is 4.35. The first-order valence-electron chi connectivity index (χ1n) is 8.02. The molecule has 2 amide bonds. The Morgan fingerprint density at radius 3 is 2.68 bits per heavy atom. The lowest BCUT2D eigenvalue weighted by molar-refractivity contribution is -0.137. The lowest BCUT2D eigenvalue weighted by atomic mass is 9.94. The van der Waals surface area contributed by atoms with Crippen LogP contribution in [0.15, 0.2) is 41.0 Å². The highest BCUT2D eigenvalue weighted by atomic mass is 19.1. The Balaban J connectivity index is 1.61. The van der Waals surface area contributed by atoms with Crippen molar-refractivity contribution in [3.05, 3.63) is 53.7 Å². The quantitative estimate of drug-likeness (QED) is 0.723. The number of amides is 2. The summed E-state index contributed by atoms with van der Waals surface area (Å²) in [6.07, 6.45) is 3.09. The van der Waals surface area contributed by atoms with Crippen LogP contribution in [0.3, 0.4) is 0 Å². The van der Waals surface area contributed by atoms with Crippen LogP contribution in [0.1, 0.15) is 24.2 Å². The van der Waals surface area contributed by atoms with Crippen molar-refractivity contribution < 1.29 is 23.5 Å². The molecule has 0 spiro atoms. The Morgan fingerprint density at radius 1 is 1.32 bits per heavy atom. The third kappa shape index (κ3) is 3.71. The largest absolute Gasteiger partial charge is 0.466 e. The van der Waals surface area contributed by atoms with Crippen LogP contribution in [-0.2, 0) is 15.2 Å². The van der Waals surface area contributed by atoms with Crippen LogP contribution in [0.5, 0.6) is 0 Å². The van der Waals surface area contributed by atoms with Crippen molar-refractivity contribution in [2.45, 2.75) is 25.4 Å². The van der Waals surface area contributed by atoms with Crippen LogP contribution in [-0.4, -0.2) is 23.5 Å². The van der Waals surface area contributed by atoms with Gasteiger partial charge < -0.3 is 20.2 Å². The average Bonchev–Trinajstić information content (AvgIpc) is 3.30. The molecule has 7 heteroatoms. The predicted octanol–water partition coefficient (Wildman–Crippen LogP) is 2.08. The molecule has 2 aromatic rings. The van der Waals surface area contributed by atoms with E-state index in [0.29, 0.717) is 11.3 Å². The Morgan fingerprint density at radius 2 is 2.08 bits per heavy atom. The molecule has 0 aliphatic heterocycles. The average molecular weight is 346 g/mol. The van der Waals surface area contributed by atoms with Gasteiger partial charge in [0.15, 0.2) is 0 Å². The lowest BCUT2D eigenvalue weighted by Gasteiger charge is -2.26. The molecule has 25 heavy (non-hydrogen) atoms. The molecule has 1 aromatic heterocycles. The van der Waals surface area contributed by atoms with Gasteiger partial charge in [0.1, 0.15) is 17.2 Å². The zero-order valence-corrected chi connectivity index (χ0v) is 13.7. The van der Waals surface area contributed by atoms with E-state index in [1.165, 1.54) is 18.4 Å². The van der Waals surface area contributed by atoms with Crippen LogP contribution in [0.25, 0.3) is 0 Å². The van der Waals surface area contributed by atoms with Gasteiger partial charge in [-0.15, -0.1) is 0 Å². The Labute approximate surface area is 144 Å². The van der Waals surface area contributed by atoms with Gasteiger partial charge in [-0.3, -0.25) is 9.59 Å². The number of aliphatic hydroxyl groups is 1. The molecule has 0 radical (unpaired) electrons. The highest BCUT2D eigenvalue weighted by Crippen LogP contribution is 2.45. The van der Waals surface area contributed by atoms with Crippen molar-refractivity contribution in [1.82, 2.24) is 5.32 Å². The minimum absolute atomic E-state index is 0.0202. The molecule has 132 valence electrons. The highest BCUT2D eigenvalue weighted by Gasteiger charge is 2.47. The number of halogens is 1. The summed E-state index contributed by atoms with van der Waals surface area (Å²) in [5, 5.41) is 15.6. The first-order valence-corrected chi connectivity index (χ1v) is 8.02. The van der Waals surface area contributed by atoms with Crippen molar-refractivity contribution in [2.24, 2.45) is 5.92 Å². The fraction of sp³-hybridized carbons (Fsp3) is 0.333. The van der Waals surface area contributed by atoms with E-state index in [2.05, 4.69) is 10.6 Å². The van der Waals surface area contributed by atoms with Gasteiger partial charge in [-0.1, -0.05) is 6.07 Å². The molecule has 6 nitrogen and oxygen atoms in total. The van der Waals surface area contributed by atoms with Crippen LogP contribution in [0.2, 0.25) is 0 Å². The number of furan rings is 1. The van der Waals surface area contributed by atoms with Crippen LogP contribution in [0.4, 0.5) is 10.1 Å². The fourth-order valence-electron chi connectivity index (χ4n) is 2.67. The summed E-state index contributed by atoms with van der Waals surface area (Å²) in [6, 6.07) is 7.45. The molecule has 1 atom stereocenters. The van der Waals surface area contributed by atoms with Crippen LogP contribution < -0.4 is 10.6 Å². The van der Waals surface area contributed by atoms with Gasteiger partial charge in [-0.2, -0.15) is 0 Å². The maximum absolute atomic E-state index is 13.5. The van der Waals surface area contributed by atoms with E-state index >= 15 is 0 Å². The van der Waals surface area contributed by atoms with Crippen molar-refractivity contribution in [1.29, 1.82) is 0 Å². The predicted molar refractivity (Wildman–Crippen MR) is 88.1 cm³/mol. The van der Waals surface area contributed by atoms with Gasteiger partial charge in [-0.05, 0) is 55.5 Å². The molecule has 1 fully saturated rings. The molecule has 0 saturated heterocycles. The molecule has 1 aliphatic rings. The number of anilines is 1. The lowest BCUT2D eigenvalue weighted by Crippen LogP contribution is -2.45. The summed E-state index contributed by atoms with van der Waals surface area (Å²) in [5.41, 5.74) is -0.711. The van der Waals surface area contributed by atoms with E-state index in [0.717, 1.165) is 18.9 Å². The fourth-order valence-corrected chi connectivity index (χ4v) is 2.67. The second-order valence-corrected chi connectivity index (χ2v) is 6.28. The number of rotatable bonds is 5. The molecular weight excluding hydrogens is 327 g/mol. The normalized spacial score (nSPS) is 16.1. The maximum Gasteiger partial charge on any atom is 0.313 e. The summed E-state index contributed by atoms with van der Waals surface area (Å²) in [7, 11) is 0. The summed E-state index contributed by atoms with van der Waals surface area (Å²) >= 11 is 0. The molecule has 0 unspecified atom stereocenters. The highest BCUT2D eigenvalue weighted by molar-refractivity contribution is 6.39. The van der Waals surface area contributed by atoms with Crippen LogP contribution in [0, 0.1) is 18.7 Å². The van der Waals surface area contributed by atoms with Crippen LogP contribution >= 0.6 is 0 Å². The van der Waals surface area contributed by atoms with Gasteiger partial charge in [0.2, 0.25) is 0 Å².